The lowest BCUT2D eigenvalue weighted by molar-refractivity contribution is 0.0241. The molecule has 0 saturated carbocycles. The molecule has 1 saturated heterocycles. The summed E-state index contributed by atoms with van der Waals surface area (Å²) in [4.78, 5) is 0. The molecule has 0 aromatic carbocycles. The van der Waals surface area contributed by atoms with E-state index < -0.39 is 6.10 Å². The van der Waals surface area contributed by atoms with E-state index in [2.05, 4.69) is 19.2 Å². The fourth-order valence-electron chi connectivity index (χ4n) is 1.90. The van der Waals surface area contributed by atoms with E-state index in [1.54, 1.807) is 0 Å². The fraction of sp³-hybridized carbons (Fsp3) is 1.00. The predicted molar refractivity (Wildman–Crippen MR) is 68.1 cm³/mol. The zero-order valence-electron chi connectivity index (χ0n) is 11.2. The Labute approximate surface area is 105 Å². The lowest BCUT2D eigenvalue weighted by Gasteiger charge is -2.23. The summed E-state index contributed by atoms with van der Waals surface area (Å²) in [6.07, 6.45) is 1.87. The molecule has 0 radical (unpaired) electrons. The Balaban J connectivity index is 1.93. The summed E-state index contributed by atoms with van der Waals surface area (Å²) >= 11 is 0. The van der Waals surface area contributed by atoms with Gasteiger partial charge in [-0.25, -0.2) is 0 Å². The molecule has 0 spiro atoms. The van der Waals surface area contributed by atoms with Crippen LogP contribution in [-0.4, -0.2) is 50.7 Å². The van der Waals surface area contributed by atoms with Crippen molar-refractivity contribution in [2.75, 3.05) is 39.5 Å². The van der Waals surface area contributed by atoms with Gasteiger partial charge in [0.15, 0.2) is 0 Å². The van der Waals surface area contributed by atoms with Crippen LogP contribution in [0.2, 0.25) is 0 Å². The van der Waals surface area contributed by atoms with Crippen LogP contribution in [-0.2, 0) is 9.47 Å². The van der Waals surface area contributed by atoms with Crippen molar-refractivity contribution >= 4 is 0 Å². The van der Waals surface area contributed by atoms with Gasteiger partial charge in [0.05, 0.1) is 12.7 Å². The molecule has 1 heterocycles. The van der Waals surface area contributed by atoms with Crippen LogP contribution < -0.4 is 5.32 Å². The van der Waals surface area contributed by atoms with Gasteiger partial charge in [0.1, 0.15) is 0 Å². The molecule has 1 unspecified atom stereocenters. The van der Waals surface area contributed by atoms with Gasteiger partial charge in [-0.1, -0.05) is 13.8 Å². The Morgan fingerprint density at radius 2 is 2.00 bits per heavy atom. The molecule has 1 rings (SSSR count). The number of hydrogen-bond acceptors (Lipinski definition) is 4. The molecule has 102 valence electrons. The second-order valence-corrected chi connectivity index (χ2v) is 5.30. The van der Waals surface area contributed by atoms with E-state index >= 15 is 0 Å². The van der Waals surface area contributed by atoms with Gasteiger partial charge in [0.2, 0.25) is 0 Å². The number of rotatable bonds is 8. The van der Waals surface area contributed by atoms with Crippen LogP contribution in [0, 0.1) is 11.8 Å². The third-order valence-electron chi connectivity index (χ3n) is 2.92. The van der Waals surface area contributed by atoms with E-state index in [0.29, 0.717) is 25.0 Å². The van der Waals surface area contributed by atoms with Gasteiger partial charge in [-0.2, -0.15) is 0 Å². The molecule has 0 amide bonds. The maximum absolute atomic E-state index is 9.68. The molecular weight excluding hydrogens is 218 g/mol. The molecule has 1 aliphatic heterocycles. The first-order valence-electron chi connectivity index (χ1n) is 6.72. The summed E-state index contributed by atoms with van der Waals surface area (Å²) < 4.78 is 10.7. The first-order valence-corrected chi connectivity index (χ1v) is 6.72. The van der Waals surface area contributed by atoms with Crippen molar-refractivity contribution < 1.29 is 14.6 Å². The average Bonchev–Trinajstić information content (AvgIpc) is 2.30. The summed E-state index contributed by atoms with van der Waals surface area (Å²) in [6.45, 7) is 8.72. The lowest BCUT2D eigenvalue weighted by Crippen LogP contribution is -2.35. The highest BCUT2D eigenvalue weighted by Crippen LogP contribution is 2.12. The highest BCUT2D eigenvalue weighted by Gasteiger charge is 2.13. The summed E-state index contributed by atoms with van der Waals surface area (Å²) in [5.74, 6) is 1.23. The van der Waals surface area contributed by atoms with Crippen molar-refractivity contribution in [3.8, 4) is 0 Å². The molecule has 0 aromatic heterocycles. The minimum Gasteiger partial charge on any atom is -0.389 e. The number of aliphatic hydroxyl groups is 1. The standard InChI is InChI=1S/C13H27NO3/c1-11(2)9-17-10-13(15)8-14-7-12-3-5-16-6-4-12/h11-15H,3-10H2,1-2H3. The van der Waals surface area contributed by atoms with Gasteiger partial charge < -0.3 is 19.9 Å². The van der Waals surface area contributed by atoms with Crippen molar-refractivity contribution in [1.82, 2.24) is 5.32 Å². The quantitative estimate of drug-likeness (QED) is 0.671. The Morgan fingerprint density at radius 1 is 1.29 bits per heavy atom. The molecule has 1 atom stereocenters. The topological polar surface area (TPSA) is 50.7 Å². The summed E-state index contributed by atoms with van der Waals surface area (Å²) in [5.41, 5.74) is 0. The predicted octanol–water partition coefficient (Wildman–Crippen LogP) is 1.04. The Morgan fingerprint density at radius 3 is 2.65 bits per heavy atom. The van der Waals surface area contributed by atoms with Gasteiger partial charge in [-0.3, -0.25) is 0 Å². The average molecular weight is 245 g/mol. The van der Waals surface area contributed by atoms with Crippen molar-refractivity contribution in [3.63, 3.8) is 0 Å². The maximum Gasteiger partial charge on any atom is 0.0897 e. The molecule has 0 bridgehead atoms. The van der Waals surface area contributed by atoms with Crippen LogP contribution in [0.5, 0.6) is 0 Å². The van der Waals surface area contributed by atoms with E-state index in [4.69, 9.17) is 9.47 Å². The van der Waals surface area contributed by atoms with Gasteiger partial charge in [0.25, 0.3) is 0 Å². The SMILES string of the molecule is CC(C)COCC(O)CNCC1CCOCC1. The molecule has 0 aromatic rings. The van der Waals surface area contributed by atoms with Crippen LogP contribution in [0.3, 0.4) is 0 Å². The monoisotopic (exact) mass is 245 g/mol. The minimum atomic E-state index is -0.395. The molecule has 4 heteroatoms. The molecular formula is C13H27NO3. The molecule has 0 aliphatic carbocycles. The van der Waals surface area contributed by atoms with Crippen molar-refractivity contribution in [1.29, 1.82) is 0 Å². The second-order valence-electron chi connectivity index (χ2n) is 5.30. The van der Waals surface area contributed by atoms with E-state index in [0.717, 1.165) is 39.2 Å². The van der Waals surface area contributed by atoms with E-state index in [-0.39, 0.29) is 0 Å². The lowest BCUT2D eigenvalue weighted by atomic mass is 10.0. The summed E-state index contributed by atoms with van der Waals surface area (Å²) in [7, 11) is 0. The molecule has 1 aliphatic rings. The molecule has 1 fully saturated rings. The van der Waals surface area contributed by atoms with Gasteiger partial charge in [0, 0.05) is 26.4 Å². The summed E-state index contributed by atoms with van der Waals surface area (Å²) in [6, 6.07) is 0. The van der Waals surface area contributed by atoms with Crippen LogP contribution in [0.1, 0.15) is 26.7 Å². The van der Waals surface area contributed by atoms with Crippen molar-refractivity contribution in [3.05, 3.63) is 0 Å². The van der Waals surface area contributed by atoms with Gasteiger partial charge in [-0.15, -0.1) is 0 Å². The zero-order chi connectivity index (χ0) is 12.5. The fourth-order valence-corrected chi connectivity index (χ4v) is 1.90. The van der Waals surface area contributed by atoms with Crippen molar-refractivity contribution in [2.45, 2.75) is 32.8 Å². The summed E-state index contributed by atoms with van der Waals surface area (Å²) in [5, 5.41) is 13.0. The molecule has 2 N–H and O–H groups in total. The Bertz CT molecular complexity index is 182. The van der Waals surface area contributed by atoms with Crippen LogP contribution in [0.25, 0.3) is 0 Å². The Kier molecular flexibility index (Phi) is 7.77. The molecule has 17 heavy (non-hydrogen) atoms. The largest absolute Gasteiger partial charge is 0.389 e. The number of nitrogens with one attached hydrogen (secondary N) is 1. The van der Waals surface area contributed by atoms with E-state index in [9.17, 15) is 5.11 Å². The van der Waals surface area contributed by atoms with Crippen LogP contribution in [0.4, 0.5) is 0 Å². The highest BCUT2D eigenvalue weighted by molar-refractivity contribution is 4.67. The van der Waals surface area contributed by atoms with E-state index in [1.165, 1.54) is 0 Å². The van der Waals surface area contributed by atoms with Crippen molar-refractivity contribution in [2.24, 2.45) is 11.8 Å². The third-order valence-corrected chi connectivity index (χ3v) is 2.92. The second kappa shape index (κ2) is 8.86. The minimum absolute atomic E-state index is 0.395. The van der Waals surface area contributed by atoms with Crippen LogP contribution in [0.15, 0.2) is 0 Å². The van der Waals surface area contributed by atoms with Crippen LogP contribution >= 0.6 is 0 Å². The molecule has 4 nitrogen and oxygen atoms in total. The first-order chi connectivity index (χ1) is 8.18. The van der Waals surface area contributed by atoms with Gasteiger partial charge in [-0.05, 0) is 31.2 Å². The first kappa shape index (κ1) is 14.9. The number of aliphatic hydroxyl groups excluding tert-OH is 1. The normalized spacial score (nSPS) is 19.8. The zero-order valence-corrected chi connectivity index (χ0v) is 11.2. The number of hydrogen-bond donors (Lipinski definition) is 2. The smallest absolute Gasteiger partial charge is 0.0897 e. The van der Waals surface area contributed by atoms with E-state index in [1.807, 2.05) is 0 Å². The Hall–Kier alpha value is -0.160. The van der Waals surface area contributed by atoms with Gasteiger partial charge >= 0.3 is 0 Å². The number of ether oxygens (including phenoxy) is 2. The maximum atomic E-state index is 9.68. The highest BCUT2D eigenvalue weighted by atomic mass is 16.5. The third kappa shape index (κ3) is 7.71.